The quantitative estimate of drug-likeness (QED) is 0.278. The van der Waals surface area contributed by atoms with E-state index in [0.29, 0.717) is 37.6 Å². The standard InChI is InChI=1S/C33H39FN4O2/c1-23-20-26(9-19-35-23)32-16-13-31(14-17-32,15-18-32)22-38(28(39)8-12-33(34)10-3-11-33)27-5-2-4-25(21-27)30-36-29(37-40-30)24-6-7-24/h2,4-5,9,19-21,24H,3,6-8,10-18,22H2,1H3. The molecule has 2 bridgehead atoms. The first-order valence-corrected chi connectivity index (χ1v) is 15.2. The molecule has 0 unspecified atom stereocenters. The number of benzene rings is 1. The van der Waals surface area contributed by atoms with Crippen LogP contribution in [-0.2, 0) is 10.2 Å². The van der Waals surface area contributed by atoms with E-state index in [9.17, 15) is 9.18 Å². The molecule has 2 heterocycles. The first kappa shape index (κ1) is 25.8. The Hall–Kier alpha value is -3.09. The van der Waals surface area contributed by atoms with Crippen molar-refractivity contribution in [3.8, 4) is 11.5 Å². The van der Waals surface area contributed by atoms with Crippen molar-refractivity contribution in [2.75, 3.05) is 11.4 Å². The van der Waals surface area contributed by atoms with Gasteiger partial charge in [0.15, 0.2) is 5.82 Å². The second kappa shape index (κ2) is 9.78. The van der Waals surface area contributed by atoms with E-state index >= 15 is 0 Å². The number of aromatic nitrogens is 3. The molecule has 0 atom stereocenters. The Kier molecular flexibility index (Phi) is 6.32. The summed E-state index contributed by atoms with van der Waals surface area (Å²) >= 11 is 0. The second-order valence-corrected chi connectivity index (χ2v) is 13.2. The summed E-state index contributed by atoms with van der Waals surface area (Å²) in [5.41, 5.74) is 3.32. The van der Waals surface area contributed by atoms with Crippen molar-refractivity contribution in [1.82, 2.24) is 15.1 Å². The molecular weight excluding hydrogens is 503 g/mol. The number of halogens is 1. The van der Waals surface area contributed by atoms with E-state index in [1.165, 1.54) is 5.56 Å². The number of hydrogen-bond acceptors (Lipinski definition) is 5. The first-order valence-electron chi connectivity index (χ1n) is 15.2. The third-order valence-electron chi connectivity index (χ3n) is 10.5. The molecule has 6 nitrogen and oxygen atoms in total. The Morgan fingerprint density at radius 2 is 1.82 bits per heavy atom. The van der Waals surface area contributed by atoms with Gasteiger partial charge in [-0.05, 0) is 131 Å². The lowest BCUT2D eigenvalue weighted by atomic mass is 9.52. The molecule has 40 heavy (non-hydrogen) atoms. The molecule has 1 amide bonds. The molecule has 0 radical (unpaired) electrons. The molecule has 0 saturated heterocycles. The van der Waals surface area contributed by atoms with E-state index in [1.807, 2.05) is 35.4 Å². The predicted octanol–water partition coefficient (Wildman–Crippen LogP) is 7.62. The van der Waals surface area contributed by atoms with Gasteiger partial charge in [0.1, 0.15) is 5.67 Å². The Labute approximate surface area is 235 Å². The van der Waals surface area contributed by atoms with Crippen LogP contribution in [-0.4, -0.2) is 33.2 Å². The average Bonchev–Trinajstić information content (AvgIpc) is 3.70. The highest BCUT2D eigenvalue weighted by Gasteiger charge is 2.50. The Morgan fingerprint density at radius 1 is 1.05 bits per heavy atom. The van der Waals surface area contributed by atoms with Crippen LogP contribution in [0.1, 0.15) is 106 Å². The Morgan fingerprint density at radius 3 is 2.50 bits per heavy atom. The SMILES string of the molecule is Cc1cc(C23CCC(CN(C(=O)CCC4(F)CCC4)c4cccc(-c5nc(C6CC6)no5)c4)(CC2)CC3)ccn1. The smallest absolute Gasteiger partial charge is 0.258 e. The maximum atomic E-state index is 14.9. The lowest BCUT2D eigenvalue weighted by molar-refractivity contribution is -0.120. The van der Waals surface area contributed by atoms with Gasteiger partial charge in [0.25, 0.3) is 5.89 Å². The van der Waals surface area contributed by atoms with Crippen LogP contribution >= 0.6 is 0 Å². The summed E-state index contributed by atoms with van der Waals surface area (Å²) in [6, 6.07) is 12.4. The molecule has 0 N–H and O–H groups in total. The van der Waals surface area contributed by atoms with Gasteiger partial charge in [0.05, 0.1) is 0 Å². The highest BCUT2D eigenvalue weighted by Crippen LogP contribution is 2.58. The van der Waals surface area contributed by atoms with Crippen molar-refractivity contribution < 1.29 is 13.7 Å². The fourth-order valence-corrected chi connectivity index (χ4v) is 7.41. The van der Waals surface area contributed by atoms with E-state index in [-0.39, 0.29) is 23.2 Å². The van der Waals surface area contributed by atoms with Crippen LogP contribution < -0.4 is 4.90 Å². The minimum Gasteiger partial charge on any atom is -0.334 e. The number of fused-ring (bicyclic) bond motifs is 3. The Bertz CT molecular complexity index is 1380. The molecule has 5 fully saturated rings. The average molecular weight is 543 g/mol. The summed E-state index contributed by atoms with van der Waals surface area (Å²) in [7, 11) is 0. The zero-order valence-corrected chi connectivity index (χ0v) is 23.5. The zero-order valence-electron chi connectivity index (χ0n) is 23.5. The zero-order chi connectivity index (χ0) is 27.4. The minimum absolute atomic E-state index is 0.0202. The van der Waals surface area contributed by atoms with Crippen LogP contribution in [0.25, 0.3) is 11.5 Å². The first-order chi connectivity index (χ1) is 19.3. The molecule has 5 aliphatic carbocycles. The monoisotopic (exact) mass is 542 g/mol. The number of amides is 1. The van der Waals surface area contributed by atoms with Crippen LogP contribution in [0.15, 0.2) is 47.1 Å². The van der Waals surface area contributed by atoms with Crippen molar-refractivity contribution >= 4 is 11.6 Å². The number of alkyl halides is 1. The van der Waals surface area contributed by atoms with Crippen LogP contribution in [0.3, 0.4) is 0 Å². The van der Waals surface area contributed by atoms with Crippen LogP contribution in [0.5, 0.6) is 0 Å². The van der Waals surface area contributed by atoms with E-state index in [0.717, 1.165) is 80.6 Å². The lowest BCUT2D eigenvalue weighted by Crippen LogP contribution is -2.50. The van der Waals surface area contributed by atoms with Crippen molar-refractivity contribution in [1.29, 1.82) is 0 Å². The number of pyridine rings is 1. The van der Waals surface area contributed by atoms with Gasteiger partial charge in [-0.3, -0.25) is 9.78 Å². The summed E-state index contributed by atoms with van der Waals surface area (Å²) < 4.78 is 20.5. The van der Waals surface area contributed by atoms with Crippen LogP contribution in [0.2, 0.25) is 0 Å². The lowest BCUT2D eigenvalue weighted by Gasteiger charge is -2.55. The van der Waals surface area contributed by atoms with E-state index in [2.05, 4.69) is 34.2 Å². The van der Waals surface area contributed by atoms with Gasteiger partial charge in [-0.1, -0.05) is 11.2 Å². The maximum absolute atomic E-state index is 14.9. The van der Waals surface area contributed by atoms with Crippen molar-refractivity contribution in [2.24, 2.45) is 5.41 Å². The topological polar surface area (TPSA) is 72.1 Å². The van der Waals surface area contributed by atoms with Gasteiger partial charge in [-0.15, -0.1) is 0 Å². The molecule has 1 aromatic carbocycles. The summed E-state index contributed by atoms with van der Waals surface area (Å²) in [6.07, 6.45) is 13.5. The predicted molar refractivity (Wildman–Crippen MR) is 152 cm³/mol. The summed E-state index contributed by atoms with van der Waals surface area (Å²) in [4.78, 5) is 24.9. The fourth-order valence-electron chi connectivity index (χ4n) is 7.41. The molecule has 2 aromatic heterocycles. The highest BCUT2D eigenvalue weighted by molar-refractivity contribution is 5.94. The largest absolute Gasteiger partial charge is 0.334 e. The number of anilines is 1. The number of rotatable bonds is 9. The molecule has 3 aromatic rings. The van der Waals surface area contributed by atoms with Gasteiger partial charge < -0.3 is 9.42 Å². The van der Waals surface area contributed by atoms with Crippen molar-refractivity contribution in [3.63, 3.8) is 0 Å². The molecule has 5 saturated carbocycles. The van der Waals surface area contributed by atoms with Crippen molar-refractivity contribution in [3.05, 3.63) is 59.7 Å². The molecular formula is C33H39FN4O2. The van der Waals surface area contributed by atoms with E-state index in [4.69, 9.17) is 4.52 Å². The van der Waals surface area contributed by atoms with Crippen LogP contribution in [0.4, 0.5) is 10.1 Å². The number of aryl methyl sites for hydroxylation is 1. The normalized spacial score (nSPS) is 26.9. The third kappa shape index (κ3) is 4.86. The summed E-state index contributed by atoms with van der Waals surface area (Å²) in [5, 5.41) is 4.18. The third-order valence-corrected chi connectivity index (χ3v) is 10.5. The van der Waals surface area contributed by atoms with Gasteiger partial charge in [0, 0.05) is 42.0 Å². The Balaban J connectivity index is 1.14. The van der Waals surface area contributed by atoms with E-state index in [1.54, 1.807) is 0 Å². The highest BCUT2D eigenvalue weighted by atomic mass is 19.1. The van der Waals surface area contributed by atoms with Gasteiger partial charge in [-0.2, -0.15) is 4.98 Å². The molecule has 8 rings (SSSR count). The van der Waals surface area contributed by atoms with Gasteiger partial charge in [-0.25, -0.2) is 4.39 Å². The molecule has 210 valence electrons. The second-order valence-electron chi connectivity index (χ2n) is 13.2. The minimum atomic E-state index is -1.16. The van der Waals surface area contributed by atoms with E-state index < -0.39 is 5.67 Å². The molecule has 0 aliphatic heterocycles. The number of carbonyl (C=O) groups is 1. The maximum Gasteiger partial charge on any atom is 0.258 e. The fraction of sp³-hybridized carbons (Fsp3) is 0.576. The summed E-state index contributed by atoms with van der Waals surface area (Å²) in [6.45, 7) is 2.75. The van der Waals surface area contributed by atoms with Crippen LogP contribution in [0, 0.1) is 12.3 Å². The molecule has 7 heteroatoms. The van der Waals surface area contributed by atoms with Gasteiger partial charge in [0.2, 0.25) is 5.91 Å². The molecule has 0 spiro atoms. The molecule has 5 aliphatic rings. The number of carbonyl (C=O) groups excluding carboxylic acids is 1. The summed E-state index contributed by atoms with van der Waals surface area (Å²) in [5.74, 6) is 1.71. The van der Waals surface area contributed by atoms with Crippen molar-refractivity contribution in [2.45, 2.75) is 107 Å². The van der Waals surface area contributed by atoms with Gasteiger partial charge >= 0.3 is 0 Å². The number of nitrogens with zero attached hydrogens (tertiary/aromatic N) is 4. The number of hydrogen-bond donors (Lipinski definition) is 0.